The standard InChI is InChI=1S/C26H30FN5O4S/c1-4-36-17-11-9-16(10-12-17)22(25(34)30-14-13-15(2)3)32(19-8-6-5-7-18(19)27)26(35)23-20(28)21(24(29)33)31-37-23/h5-12,15,22H,4,13-14,28H2,1-3H3,(H2,29,33)(H,30,34). The Morgan fingerprint density at radius 1 is 1.14 bits per heavy atom. The fraction of sp³-hybridized carbons (Fsp3) is 0.308. The number of amides is 3. The highest BCUT2D eigenvalue weighted by atomic mass is 32.1. The van der Waals surface area contributed by atoms with Gasteiger partial charge in [0.15, 0.2) is 5.69 Å². The Morgan fingerprint density at radius 2 is 1.81 bits per heavy atom. The first-order chi connectivity index (χ1) is 17.6. The lowest BCUT2D eigenvalue weighted by Crippen LogP contribution is -2.44. The molecule has 0 saturated carbocycles. The summed E-state index contributed by atoms with van der Waals surface area (Å²) in [6.45, 7) is 6.70. The molecule has 1 unspecified atom stereocenters. The first-order valence-electron chi connectivity index (χ1n) is 11.8. The van der Waals surface area contributed by atoms with Gasteiger partial charge >= 0.3 is 0 Å². The Kier molecular flexibility index (Phi) is 9.18. The number of nitrogens with one attached hydrogen (secondary N) is 1. The summed E-state index contributed by atoms with van der Waals surface area (Å²) in [5.74, 6) is -2.03. The number of rotatable bonds is 11. The van der Waals surface area contributed by atoms with E-state index in [9.17, 15) is 14.4 Å². The predicted molar refractivity (Wildman–Crippen MR) is 141 cm³/mol. The molecule has 5 N–H and O–H groups in total. The molecule has 2 aromatic carbocycles. The number of aromatic nitrogens is 1. The second-order valence-corrected chi connectivity index (χ2v) is 9.42. The van der Waals surface area contributed by atoms with Crippen LogP contribution in [0, 0.1) is 11.7 Å². The van der Waals surface area contributed by atoms with E-state index in [2.05, 4.69) is 9.69 Å². The number of nitrogen functional groups attached to an aromatic ring is 1. The van der Waals surface area contributed by atoms with Gasteiger partial charge in [-0.1, -0.05) is 38.1 Å². The zero-order valence-electron chi connectivity index (χ0n) is 20.9. The Morgan fingerprint density at radius 3 is 2.38 bits per heavy atom. The van der Waals surface area contributed by atoms with Gasteiger partial charge < -0.3 is 21.5 Å². The monoisotopic (exact) mass is 527 g/mol. The molecule has 0 spiro atoms. The van der Waals surface area contributed by atoms with E-state index in [1.807, 2.05) is 20.8 Å². The van der Waals surface area contributed by atoms with E-state index in [0.717, 1.165) is 4.90 Å². The number of para-hydroxylation sites is 1. The van der Waals surface area contributed by atoms with Gasteiger partial charge in [0.2, 0.25) is 5.91 Å². The number of carbonyl (C=O) groups is 3. The maximum atomic E-state index is 15.1. The molecule has 1 aromatic heterocycles. The van der Waals surface area contributed by atoms with Gasteiger partial charge in [0.05, 0.1) is 18.0 Å². The lowest BCUT2D eigenvalue weighted by atomic mass is 10.0. The van der Waals surface area contributed by atoms with E-state index in [0.29, 0.717) is 48.3 Å². The van der Waals surface area contributed by atoms with Gasteiger partial charge in [0.25, 0.3) is 11.8 Å². The normalized spacial score (nSPS) is 11.7. The lowest BCUT2D eigenvalue weighted by molar-refractivity contribution is -0.122. The largest absolute Gasteiger partial charge is 0.494 e. The molecule has 0 fully saturated rings. The van der Waals surface area contributed by atoms with Crippen LogP contribution in [-0.2, 0) is 4.79 Å². The minimum Gasteiger partial charge on any atom is -0.494 e. The minimum absolute atomic E-state index is 0.136. The molecule has 3 rings (SSSR count). The first-order valence-corrected chi connectivity index (χ1v) is 12.6. The van der Waals surface area contributed by atoms with Crippen molar-refractivity contribution in [3.05, 3.63) is 70.5 Å². The van der Waals surface area contributed by atoms with Gasteiger partial charge in [-0.05, 0) is 60.6 Å². The molecule has 0 aliphatic heterocycles. The second-order valence-electron chi connectivity index (χ2n) is 8.64. The van der Waals surface area contributed by atoms with E-state index < -0.39 is 29.6 Å². The van der Waals surface area contributed by atoms with Gasteiger partial charge in [0.1, 0.15) is 22.5 Å². The molecule has 0 bridgehead atoms. The van der Waals surface area contributed by atoms with Crippen LogP contribution in [0.3, 0.4) is 0 Å². The van der Waals surface area contributed by atoms with Crippen LogP contribution in [0.15, 0.2) is 48.5 Å². The zero-order chi connectivity index (χ0) is 27.1. The van der Waals surface area contributed by atoms with Crippen LogP contribution in [-0.4, -0.2) is 35.2 Å². The van der Waals surface area contributed by atoms with Crippen LogP contribution < -0.4 is 26.4 Å². The smallest absolute Gasteiger partial charge is 0.273 e. The Bertz CT molecular complexity index is 1260. The van der Waals surface area contributed by atoms with Gasteiger partial charge in [-0.15, -0.1) is 0 Å². The number of hydrogen-bond acceptors (Lipinski definition) is 7. The molecule has 0 aliphatic carbocycles. The molecule has 1 atom stereocenters. The van der Waals surface area contributed by atoms with Crippen molar-refractivity contribution in [3.63, 3.8) is 0 Å². The Balaban J connectivity index is 2.16. The average molecular weight is 528 g/mol. The number of nitrogens with zero attached hydrogens (tertiary/aromatic N) is 2. The maximum Gasteiger partial charge on any atom is 0.273 e. The third-order valence-corrected chi connectivity index (χ3v) is 6.37. The number of carbonyl (C=O) groups excluding carboxylic acids is 3. The summed E-state index contributed by atoms with van der Waals surface area (Å²) in [5, 5.41) is 2.86. The molecule has 11 heteroatoms. The van der Waals surface area contributed by atoms with Crippen LogP contribution in [0.25, 0.3) is 0 Å². The molecule has 1 heterocycles. The summed E-state index contributed by atoms with van der Waals surface area (Å²) in [6, 6.07) is 11.0. The molecule has 0 aliphatic rings. The number of hydrogen-bond donors (Lipinski definition) is 3. The molecule has 3 amide bonds. The quantitative estimate of drug-likeness (QED) is 0.345. The predicted octanol–water partition coefficient (Wildman–Crippen LogP) is 3.91. The zero-order valence-corrected chi connectivity index (χ0v) is 21.7. The van der Waals surface area contributed by atoms with Crippen LogP contribution in [0.5, 0.6) is 5.75 Å². The van der Waals surface area contributed by atoms with Crippen LogP contribution in [0.2, 0.25) is 0 Å². The van der Waals surface area contributed by atoms with Gasteiger partial charge in [0, 0.05) is 6.54 Å². The highest BCUT2D eigenvalue weighted by Crippen LogP contribution is 2.35. The number of halogens is 1. The fourth-order valence-corrected chi connectivity index (χ4v) is 4.41. The van der Waals surface area contributed by atoms with Crippen molar-refractivity contribution in [3.8, 4) is 5.75 Å². The van der Waals surface area contributed by atoms with E-state index in [-0.39, 0.29) is 21.9 Å². The highest BCUT2D eigenvalue weighted by molar-refractivity contribution is 7.09. The topological polar surface area (TPSA) is 141 Å². The summed E-state index contributed by atoms with van der Waals surface area (Å²) in [7, 11) is 0. The van der Waals surface area contributed by atoms with E-state index in [4.69, 9.17) is 16.2 Å². The van der Waals surface area contributed by atoms with Gasteiger partial charge in [-0.3, -0.25) is 19.3 Å². The maximum absolute atomic E-state index is 15.1. The van der Waals surface area contributed by atoms with Crippen molar-refractivity contribution in [2.45, 2.75) is 33.2 Å². The minimum atomic E-state index is -1.27. The van der Waals surface area contributed by atoms with Crippen molar-refractivity contribution >= 4 is 40.6 Å². The number of nitrogens with two attached hydrogens (primary N) is 2. The number of ether oxygens (including phenoxy) is 1. The summed E-state index contributed by atoms with van der Waals surface area (Å²) >= 11 is 0.655. The molecule has 196 valence electrons. The lowest BCUT2D eigenvalue weighted by Gasteiger charge is -2.31. The molecule has 9 nitrogen and oxygen atoms in total. The summed E-state index contributed by atoms with van der Waals surface area (Å²) < 4.78 is 24.6. The van der Waals surface area contributed by atoms with Crippen molar-refractivity contribution < 1.29 is 23.5 Å². The fourth-order valence-electron chi connectivity index (χ4n) is 3.66. The average Bonchev–Trinajstić information content (AvgIpc) is 3.25. The molecular weight excluding hydrogens is 497 g/mol. The summed E-state index contributed by atoms with van der Waals surface area (Å²) in [6.07, 6.45) is 0.707. The van der Waals surface area contributed by atoms with Crippen molar-refractivity contribution in [2.75, 3.05) is 23.8 Å². The summed E-state index contributed by atoms with van der Waals surface area (Å²) in [5.41, 5.74) is 11.1. The first kappa shape index (κ1) is 27.6. The van der Waals surface area contributed by atoms with Crippen molar-refractivity contribution in [1.29, 1.82) is 0 Å². The Hall–Kier alpha value is -3.99. The van der Waals surface area contributed by atoms with Crippen LogP contribution in [0.1, 0.15) is 59.0 Å². The van der Waals surface area contributed by atoms with Gasteiger partial charge in [-0.25, -0.2) is 4.39 Å². The molecule has 3 aromatic rings. The molecule has 37 heavy (non-hydrogen) atoms. The molecular formula is C26H30FN5O4S. The number of primary amides is 1. The van der Waals surface area contributed by atoms with Crippen molar-refractivity contribution in [1.82, 2.24) is 9.69 Å². The van der Waals surface area contributed by atoms with E-state index in [1.165, 1.54) is 18.2 Å². The van der Waals surface area contributed by atoms with Gasteiger partial charge in [-0.2, -0.15) is 4.37 Å². The second kappa shape index (κ2) is 12.3. The summed E-state index contributed by atoms with van der Waals surface area (Å²) in [4.78, 5) is 40.1. The van der Waals surface area contributed by atoms with Crippen molar-refractivity contribution in [2.24, 2.45) is 11.7 Å². The SMILES string of the molecule is CCOc1ccc(C(C(=O)NCCC(C)C)N(C(=O)c2snc(C(N)=O)c2N)c2ccccc2F)cc1. The Labute approximate surface area is 218 Å². The molecule has 0 saturated heterocycles. The third kappa shape index (κ3) is 6.42. The van der Waals surface area contributed by atoms with Crippen LogP contribution in [0.4, 0.5) is 15.8 Å². The molecule has 0 radical (unpaired) electrons. The number of benzene rings is 2. The number of anilines is 2. The van der Waals surface area contributed by atoms with E-state index in [1.54, 1.807) is 30.3 Å². The third-order valence-electron chi connectivity index (χ3n) is 5.52. The highest BCUT2D eigenvalue weighted by Gasteiger charge is 2.37. The van der Waals surface area contributed by atoms with E-state index >= 15 is 4.39 Å². The van der Waals surface area contributed by atoms with Crippen LogP contribution >= 0.6 is 11.5 Å².